The van der Waals surface area contributed by atoms with Gasteiger partial charge < -0.3 is 4.74 Å². The van der Waals surface area contributed by atoms with E-state index in [1.54, 1.807) is 6.20 Å². The highest BCUT2D eigenvalue weighted by atomic mass is 35.5. The van der Waals surface area contributed by atoms with Crippen LogP contribution in [0.25, 0.3) is 10.9 Å². The van der Waals surface area contributed by atoms with E-state index in [1.807, 2.05) is 31.2 Å². The number of pyridine rings is 1. The second-order valence-corrected chi connectivity index (χ2v) is 5.66. The summed E-state index contributed by atoms with van der Waals surface area (Å²) in [5.74, 6) is 0.697. The minimum atomic E-state index is 0.402. The van der Waals surface area contributed by atoms with Crippen molar-refractivity contribution in [1.29, 1.82) is 0 Å². The van der Waals surface area contributed by atoms with Crippen LogP contribution >= 0.6 is 22.9 Å². The Morgan fingerprint density at radius 2 is 2.21 bits per heavy atom. The summed E-state index contributed by atoms with van der Waals surface area (Å²) in [5.41, 5.74) is 0.781. The molecule has 0 saturated carbocycles. The van der Waals surface area contributed by atoms with Gasteiger partial charge in [0.05, 0.1) is 16.7 Å². The van der Waals surface area contributed by atoms with E-state index in [4.69, 9.17) is 16.3 Å². The van der Waals surface area contributed by atoms with Crippen LogP contribution in [0.3, 0.4) is 0 Å². The molecule has 0 unspecified atom stereocenters. The molecule has 2 aromatic heterocycles. The van der Waals surface area contributed by atoms with Crippen molar-refractivity contribution in [2.24, 2.45) is 0 Å². The van der Waals surface area contributed by atoms with Gasteiger partial charge in [0.1, 0.15) is 17.4 Å². The van der Waals surface area contributed by atoms with E-state index >= 15 is 0 Å². The molecule has 0 aliphatic heterocycles. The minimum Gasteiger partial charge on any atom is -0.485 e. The first-order valence-electron chi connectivity index (χ1n) is 5.68. The van der Waals surface area contributed by atoms with Crippen LogP contribution in [-0.2, 0) is 6.61 Å². The van der Waals surface area contributed by atoms with Gasteiger partial charge in [-0.2, -0.15) is 0 Å². The van der Waals surface area contributed by atoms with E-state index in [2.05, 4.69) is 15.2 Å². The molecule has 0 atom stereocenters. The Morgan fingerprint density at radius 3 is 3.00 bits per heavy atom. The standard InChI is InChI=1S/C13H10ClN3OS/c1-8-16-17-12(19-8)7-18-10-5-9-3-2-4-11(14)13(9)15-6-10/h2-6H,7H2,1H3. The number of ether oxygens (including phenoxy) is 1. The Hall–Kier alpha value is -1.72. The van der Waals surface area contributed by atoms with Crippen LogP contribution < -0.4 is 4.74 Å². The van der Waals surface area contributed by atoms with Gasteiger partial charge in [-0.1, -0.05) is 35.1 Å². The van der Waals surface area contributed by atoms with E-state index < -0.39 is 0 Å². The van der Waals surface area contributed by atoms with Gasteiger partial charge >= 0.3 is 0 Å². The summed E-state index contributed by atoms with van der Waals surface area (Å²) in [5, 5.41) is 11.3. The maximum Gasteiger partial charge on any atom is 0.155 e. The third-order valence-electron chi connectivity index (χ3n) is 2.57. The second-order valence-electron chi connectivity index (χ2n) is 3.99. The maximum atomic E-state index is 6.07. The van der Waals surface area contributed by atoms with Gasteiger partial charge in [0.15, 0.2) is 5.01 Å². The van der Waals surface area contributed by atoms with E-state index in [1.165, 1.54) is 11.3 Å². The SMILES string of the molecule is Cc1nnc(COc2cnc3c(Cl)cccc3c2)s1. The van der Waals surface area contributed by atoms with Crippen LogP contribution in [0.5, 0.6) is 5.75 Å². The first-order valence-corrected chi connectivity index (χ1v) is 6.88. The molecule has 1 aromatic carbocycles. The summed E-state index contributed by atoms with van der Waals surface area (Å²) in [7, 11) is 0. The fourth-order valence-corrected chi connectivity index (χ4v) is 2.58. The fraction of sp³-hybridized carbons (Fsp3) is 0.154. The van der Waals surface area contributed by atoms with Crippen LogP contribution in [0.4, 0.5) is 0 Å². The summed E-state index contributed by atoms with van der Waals surface area (Å²) in [6.45, 7) is 2.32. The second kappa shape index (κ2) is 5.11. The Morgan fingerprint density at radius 1 is 1.32 bits per heavy atom. The number of para-hydroxylation sites is 1. The molecule has 0 aliphatic rings. The summed E-state index contributed by atoms with van der Waals surface area (Å²) in [4.78, 5) is 4.31. The Kier molecular flexibility index (Phi) is 3.31. The molecule has 0 spiro atoms. The number of rotatable bonds is 3. The van der Waals surface area contributed by atoms with Crippen molar-refractivity contribution in [2.45, 2.75) is 13.5 Å². The number of nitrogens with zero attached hydrogens (tertiary/aromatic N) is 3. The van der Waals surface area contributed by atoms with Crippen molar-refractivity contribution in [2.75, 3.05) is 0 Å². The minimum absolute atomic E-state index is 0.402. The lowest BCUT2D eigenvalue weighted by Crippen LogP contribution is -1.95. The third kappa shape index (κ3) is 2.67. The van der Waals surface area contributed by atoms with Crippen LogP contribution in [0.15, 0.2) is 30.5 Å². The molecule has 0 radical (unpaired) electrons. The predicted molar refractivity (Wildman–Crippen MR) is 75.7 cm³/mol. The first-order chi connectivity index (χ1) is 9.22. The number of hydrogen-bond donors (Lipinski definition) is 0. The van der Waals surface area contributed by atoms with E-state index in [0.29, 0.717) is 17.4 Å². The van der Waals surface area contributed by atoms with Crippen LogP contribution in [0.1, 0.15) is 10.0 Å². The zero-order valence-corrected chi connectivity index (χ0v) is 11.7. The van der Waals surface area contributed by atoms with Gasteiger partial charge in [-0.3, -0.25) is 4.98 Å². The summed E-state index contributed by atoms with van der Waals surface area (Å²) >= 11 is 7.59. The Labute approximate surface area is 119 Å². The molecule has 0 bridgehead atoms. The zero-order chi connectivity index (χ0) is 13.2. The van der Waals surface area contributed by atoms with Crippen molar-refractivity contribution >= 4 is 33.8 Å². The molecule has 19 heavy (non-hydrogen) atoms. The lowest BCUT2D eigenvalue weighted by atomic mass is 10.2. The predicted octanol–water partition coefficient (Wildman–Crippen LogP) is 3.63. The summed E-state index contributed by atoms with van der Waals surface area (Å²) in [6, 6.07) is 7.59. The topological polar surface area (TPSA) is 47.9 Å². The average molecular weight is 292 g/mol. The van der Waals surface area contributed by atoms with Crippen LogP contribution in [0.2, 0.25) is 5.02 Å². The van der Waals surface area contributed by atoms with Crippen molar-refractivity contribution in [1.82, 2.24) is 15.2 Å². The molecule has 0 amide bonds. The first kappa shape index (κ1) is 12.3. The van der Waals surface area contributed by atoms with E-state index in [0.717, 1.165) is 20.9 Å². The number of aryl methyl sites for hydroxylation is 1. The molecule has 96 valence electrons. The van der Waals surface area contributed by atoms with Gasteiger partial charge in [0.2, 0.25) is 0 Å². The van der Waals surface area contributed by atoms with Crippen LogP contribution in [0, 0.1) is 6.92 Å². The smallest absolute Gasteiger partial charge is 0.155 e. The van der Waals surface area contributed by atoms with Crippen molar-refractivity contribution in [3.8, 4) is 5.75 Å². The lowest BCUT2D eigenvalue weighted by Gasteiger charge is -2.05. The van der Waals surface area contributed by atoms with Crippen molar-refractivity contribution in [3.63, 3.8) is 0 Å². The lowest BCUT2D eigenvalue weighted by molar-refractivity contribution is 0.304. The maximum absolute atomic E-state index is 6.07. The molecular weight excluding hydrogens is 282 g/mol. The summed E-state index contributed by atoms with van der Waals surface area (Å²) < 4.78 is 5.66. The highest BCUT2D eigenvalue weighted by Gasteiger charge is 2.04. The molecule has 4 nitrogen and oxygen atoms in total. The molecule has 0 N–H and O–H groups in total. The molecule has 2 heterocycles. The highest BCUT2D eigenvalue weighted by molar-refractivity contribution is 7.11. The average Bonchev–Trinajstić information content (AvgIpc) is 2.82. The van der Waals surface area contributed by atoms with E-state index in [-0.39, 0.29) is 0 Å². The normalized spacial score (nSPS) is 10.8. The van der Waals surface area contributed by atoms with Gasteiger partial charge in [-0.15, -0.1) is 10.2 Å². The Bertz CT molecular complexity index is 729. The monoisotopic (exact) mass is 291 g/mol. The highest BCUT2D eigenvalue weighted by Crippen LogP contribution is 2.24. The Balaban J connectivity index is 1.82. The molecule has 6 heteroatoms. The number of benzene rings is 1. The van der Waals surface area contributed by atoms with Crippen LogP contribution in [-0.4, -0.2) is 15.2 Å². The summed E-state index contributed by atoms with van der Waals surface area (Å²) in [6.07, 6.45) is 1.67. The number of aromatic nitrogens is 3. The quantitative estimate of drug-likeness (QED) is 0.739. The van der Waals surface area contributed by atoms with Crippen molar-refractivity contribution in [3.05, 3.63) is 45.5 Å². The zero-order valence-electron chi connectivity index (χ0n) is 10.1. The van der Waals surface area contributed by atoms with Gasteiger partial charge in [0.25, 0.3) is 0 Å². The molecule has 0 fully saturated rings. The number of halogens is 1. The third-order valence-corrected chi connectivity index (χ3v) is 3.68. The fourth-order valence-electron chi connectivity index (χ4n) is 1.72. The van der Waals surface area contributed by atoms with Gasteiger partial charge in [0, 0.05) is 5.39 Å². The van der Waals surface area contributed by atoms with Gasteiger partial charge in [-0.05, 0) is 19.1 Å². The number of hydrogen-bond acceptors (Lipinski definition) is 5. The van der Waals surface area contributed by atoms with Crippen molar-refractivity contribution < 1.29 is 4.74 Å². The largest absolute Gasteiger partial charge is 0.485 e. The van der Waals surface area contributed by atoms with Gasteiger partial charge in [-0.25, -0.2) is 0 Å². The molecule has 3 rings (SSSR count). The molecule has 0 aliphatic carbocycles. The number of fused-ring (bicyclic) bond motifs is 1. The molecule has 3 aromatic rings. The molecule has 0 saturated heterocycles. The van der Waals surface area contributed by atoms with E-state index in [9.17, 15) is 0 Å². The molecular formula is C13H10ClN3OS.